The Morgan fingerprint density at radius 1 is 0.974 bits per heavy atom. The van der Waals surface area contributed by atoms with Crippen LogP contribution < -0.4 is 4.72 Å². The fourth-order valence-electron chi connectivity index (χ4n) is 4.35. The number of halogens is 8. The highest BCUT2D eigenvalue weighted by atomic mass is 32.2. The molecule has 0 spiro atoms. The third-order valence-electron chi connectivity index (χ3n) is 6.11. The zero-order valence-corrected chi connectivity index (χ0v) is 21.3. The predicted octanol–water partition coefficient (Wildman–Crippen LogP) is 7.34. The molecule has 4 rings (SSSR count). The van der Waals surface area contributed by atoms with Gasteiger partial charge in [0.25, 0.3) is 0 Å². The average molecular weight is 569 g/mol. The van der Waals surface area contributed by atoms with Gasteiger partial charge < -0.3 is 4.57 Å². The van der Waals surface area contributed by atoms with Crippen LogP contribution in [0.4, 0.5) is 35.1 Å². The number of hydrogen-bond acceptors (Lipinski definition) is 2. The van der Waals surface area contributed by atoms with E-state index in [9.17, 15) is 39.2 Å². The highest BCUT2D eigenvalue weighted by Crippen LogP contribution is 2.43. The van der Waals surface area contributed by atoms with Crippen molar-refractivity contribution < 1.29 is 43.5 Å². The summed E-state index contributed by atoms with van der Waals surface area (Å²) in [6.07, 6.45) is -8.67. The Morgan fingerprint density at radius 3 is 2.13 bits per heavy atom. The first-order valence-electron chi connectivity index (χ1n) is 11.6. The van der Waals surface area contributed by atoms with E-state index in [0.29, 0.717) is 6.07 Å². The van der Waals surface area contributed by atoms with Crippen LogP contribution in [0.2, 0.25) is 0 Å². The van der Waals surface area contributed by atoms with Crippen molar-refractivity contribution in [2.45, 2.75) is 63.8 Å². The summed E-state index contributed by atoms with van der Waals surface area (Å²) in [5, 5.41) is -1.27. The van der Waals surface area contributed by atoms with Crippen LogP contribution in [0.25, 0.3) is 22.0 Å². The number of benzene rings is 2. The molecule has 1 fully saturated rings. The Bertz CT molecular complexity index is 1480. The van der Waals surface area contributed by atoms with Gasteiger partial charge >= 0.3 is 12.4 Å². The number of aromatic nitrogens is 1. The van der Waals surface area contributed by atoms with Crippen LogP contribution in [0, 0.1) is 17.0 Å². The molecule has 208 valence electrons. The van der Waals surface area contributed by atoms with Gasteiger partial charge in [-0.15, -0.1) is 0 Å². The first-order chi connectivity index (χ1) is 17.3. The van der Waals surface area contributed by atoms with E-state index in [1.165, 1.54) is 4.57 Å². The van der Waals surface area contributed by atoms with Gasteiger partial charge in [0, 0.05) is 34.8 Å². The van der Waals surface area contributed by atoms with E-state index in [4.69, 9.17) is 0 Å². The molecular weight excluding hydrogens is 544 g/mol. The molecule has 0 aliphatic heterocycles. The van der Waals surface area contributed by atoms with Gasteiger partial charge in [-0.2, -0.15) is 31.1 Å². The second-order valence-electron chi connectivity index (χ2n) is 10.6. The third-order valence-corrected chi connectivity index (χ3v) is 8.02. The molecule has 1 saturated carbocycles. The maximum Gasteiger partial charge on any atom is 0.417 e. The van der Waals surface area contributed by atoms with Gasteiger partial charge in [-0.05, 0) is 48.1 Å². The maximum absolute atomic E-state index is 15.3. The zero-order chi connectivity index (χ0) is 28.4. The van der Waals surface area contributed by atoms with Crippen molar-refractivity contribution in [3.05, 3.63) is 59.3 Å². The minimum absolute atomic E-state index is 0.0383. The van der Waals surface area contributed by atoms with Crippen LogP contribution in [-0.2, 0) is 22.7 Å². The van der Waals surface area contributed by atoms with Gasteiger partial charge in [0.15, 0.2) is 0 Å². The minimum atomic E-state index is -5.10. The zero-order valence-electron chi connectivity index (χ0n) is 20.4. The molecule has 0 unspecified atom stereocenters. The largest absolute Gasteiger partial charge is 0.417 e. The molecule has 2 aromatic carbocycles. The summed E-state index contributed by atoms with van der Waals surface area (Å²) in [5.74, 6) is -2.48. The topological polar surface area (TPSA) is 51.1 Å². The van der Waals surface area contributed by atoms with Crippen LogP contribution in [0.1, 0.15) is 50.8 Å². The summed E-state index contributed by atoms with van der Waals surface area (Å²) >= 11 is 0. The van der Waals surface area contributed by atoms with E-state index in [0.717, 1.165) is 24.4 Å². The highest BCUT2D eigenvalue weighted by Gasteiger charge is 2.48. The lowest BCUT2D eigenvalue weighted by Gasteiger charge is -2.22. The lowest BCUT2D eigenvalue weighted by atomic mass is 9.95. The molecule has 1 aliphatic carbocycles. The van der Waals surface area contributed by atoms with Crippen LogP contribution in [0.3, 0.4) is 0 Å². The molecule has 4 nitrogen and oxygen atoms in total. The second kappa shape index (κ2) is 9.22. The van der Waals surface area contributed by atoms with E-state index >= 15 is 4.39 Å². The summed E-state index contributed by atoms with van der Waals surface area (Å²) in [7, 11) is -4.33. The number of sulfonamides is 1. The molecular formula is C25H24F8N2O2S. The normalized spacial score (nSPS) is 16.3. The molecule has 1 aromatic heterocycles. The number of nitrogens with one attached hydrogen (secondary N) is 1. The monoisotopic (exact) mass is 568 g/mol. The standard InChI is InChI=1S/C25H24F8N2O2S/c1-23(2,3)12-35-11-18(22(25(31,32)33)34-38(36,37)14-5-6-14)17-9-20(27)16(10-21(17)35)15-7-4-13(26)8-19(15)24(28,29)30/h4,7-11,14,22,34H,5-6,12H2,1-3H3/t22-/m0/s1. The van der Waals surface area contributed by atoms with Crippen molar-refractivity contribution in [1.82, 2.24) is 9.29 Å². The van der Waals surface area contributed by atoms with E-state index in [1.54, 1.807) is 25.5 Å². The Labute approximate surface area is 213 Å². The smallest absolute Gasteiger partial charge is 0.347 e. The van der Waals surface area contributed by atoms with Crippen LogP contribution in [-0.4, -0.2) is 24.4 Å². The number of rotatable bonds is 6. The van der Waals surface area contributed by atoms with E-state index in [-0.39, 0.29) is 36.4 Å². The van der Waals surface area contributed by atoms with Crippen molar-refractivity contribution in [3.8, 4) is 11.1 Å². The lowest BCUT2D eigenvalue weighted by molar-refractivity contribution is -0.152. The Kier molecular flexibility index (Phi) is 6.87. The molecule has 0 bridgehead atoms. The minimum Gasteiger partial charge on any atom is -0.347 e. The van der Waals surface area contributed by atoms with Crippen LogP contribution in [0.5, 0.6) is 0 Å². The van der Waals surface area contributed by atoms with E-state index < -0.39 is 73.0 Å². The molecule has 1 N–H and O–H groups in total. The van der Waals surface area contributed by atoms with Gasteiger partial charge in [0.05, 0.1) is 10.8 Å². The number of hydrogen-bond donors (Lipinski definition) is 1. The maximum atomic E-state index is 15.3. The summed E-state index contributed by atoms with van der Waals surface area (Å²) < 4.78 is 140. The van der Waals surface area contributed by atoms with Crippen molar-refractivity contribution in [1.29, 1.82) is 0 Å². The molecule has 0 saturated heterocycles. The van der Waals surface area contributed by atoms with E-state index in [1.807, 2.05) is 0 Å². The first kappa shape index (κ1) is 28.3. The fraction of sp³-hybridized carbons (Fsp3) is 0.440. The molecule has 1 atom stereocenters. The third kappa shape index (κ3) is 5.83. The molecule has 3 aromatic rings. The molecule has 0 radical (unpaired) electrons. The number of alkyl halides is 6. The Balaban J connectivity index is 1.98. The average Bonchev–Trinajstić information content (AvgIpc) is 3.55. The first-order valence-corrected chi connectivity index (χ1v) is 13.1. The quantitative estimate of drug-likeness (QED) is 0.317. The van der Waals surface area contributed by atoms with Gasteiger partial charge in [-0.3, -0.25) is 0 Å². The van der Waals surface area contributed by atoms with Crippen molar-refractivity contribution in [3.63, 3.8) is 0 Å². The van der Waals surface area contributed by atoms with Crippen LogP contribution >= 0.6 is 0 Å². The van der Waals surface area contributed by atoms with Crippen molar-refractivity contribution in [2.24, 2.45) is 5.41 Å². The summed E-state index contributed by atoms with van der Waals surface area (Å²) in [6, 6.07) is 0.616. The van der Waals surface area contributed by atoms with Crippen molar-refractivity contribution >= 4 is 20.9 Å². The Hall–Kier alpha value is -2.67. The fourth-order valence-corrected chi connectivity index (χ4v) is 5.89. The Morgan fingerprint density at radius 2 is 1.61 bits per heavy atom. The number of fused-ring (bicyclic) bond motifs is 1. The SMILES string of the molecule is CC(C)(C)Cn1cc([C@H](NS(=O)(=O)C2CC2)C(F)(F)F)c2cc(F)c(-c3ccc(F)cc3C(F)(F)F)cc21. The summed E-state index contributed by atoms with van der Waals surface area (Å²) in [4.78, 5) is 0. The van der Waals surface area contributed by atoms with Gasteiger partial charge in [0.2, 0.25) is 10.0 Å². The van der Waals surface area contributed by atoms with E-state index in [2.05, 4.69) is 0 Å². The van der Waals surface area contributed by atoms with Crippen molar-refractivity contribution in [2.75, 3.05) is 0 Å². The molecule has 0 amide bonds. The molecule has 1 heterocycles. The molecule has 13 heteroatoms. The van der Waals surface area contributed by atoms with Gasteiger partial charge in [0.1, 0.15) is 17.7 Å². The van der Waals surface area contributed by atoms with Crippen LogP contribution in [0.15, 0.2) is 36.5 Å². The molecule has 38 heavy (non-hydrogen) atoms. The predicted molar refractivity (Wildman–Crippen MR) is 126 cm³/mol. The lowest BCUT2D eigenvalue weighted by Crippen LogP contribution is -2.39. The second-order valence-corrected chi connectivity index (χ2v) is 12.6. The number of nitrogens with zero attached hydrogens (tertiary/aromatic N) is 1. The van der Waals surface area contributed by atoms with Gasteiger partial charge in [-0.25, -0.2) is 17.2 Å². The molecule has 1 aliphatic rings. The summed E-state index contributed by atoms with van der Waals surface area (Å²) in [5.41, 5.74) is -3.89. The highest BCUT2D eigenvalue weighted by molar-refractivity contribution is 7.90. The summed E-state index contributed by atoms with van der Waals surface area (Å²) in [6.45, 7) is 5.37. The van der Waals surface area contributed by atoms with Gasteiger partial charge in [-0.1, -0.05) is 26.8 Å².